The summed E-state index contributed by atoms with van der Waals surface area (Å²) in [4.78, 5) is 54.7. The molecule has 1 atom stereocenters. The maximum Gasteiger partial charge on any atom is 0.257 e. The van der Waals surface area contributed by atoms with Crippen LogP contribution < -0.4 is 10.6 Å². The second kappa shape index (κ2) is 7.01. The second-order valence-electron chi connectivity index (χ2n) is 7.63. The van der Waals surface area contributed by atoms with Crippen LogP contribution in [0.4, 0.5) is 5.69 Å². The monoisotopic (exact) mass is 418 g/mol. The number of rotatable bonds is 3. The highest BCUT2D eigenvalue weighted by Gasteiger charge is 2.39. The number of amides is 4. The molecule has 0 radical (unpaired) electrons. The molecule has 31 heavy (non-hydrogen) atoms. The molecule has 2 aromatic heterocycles. The quantitative estimate of drug-likeness (QED) is 0.611. The van der Waals surface area contributed by atoms with Crippen molar-refractivity contribution in [2.75, 3.05) is 5.32 Å². The largest absolute Gasteiger partial charge is 0.322 e. The third-order valence-corrected chi connectivity index (χ3v) is 5.62. The predicted molar refractivity (Wildman–Crippen MR) is 109 cm³/mol. The van der Waals surface area contributed by atoms with Crippen LogP contribution >= 0.6 is 0 Å². The number of carbonyl (C=O) groups excluding carboxylic acids is 4. The summed E-state index contributed by atoms with van der Waals surface area (Å²) in [5.41, 5.74) is 2.81. The zero-order valence-electron chi connectivity index (χ0n) is 16.6. The Kier molecular flexibility index (Phi) is 4.28. The van der Waals surface area contributed by atoms with Crippen molar-refractivity contribution in [1.82, 2.24) is 25.0 Å². The normalized spacial score (nSPS) is 18.3. The van der Waals surface area contributed by atoms with Gasteiger partial charge in [0.05, 0.1) is 11.8 Å². The van der Waals surface area contributed by atoms with Gasteiger partial charge in [-0.1, -0.05) is 0 Å². The van der Waals surface area contributed by atoms with E-state index in [9.17, 15) is 19.2 Å². The first-order valence-electron chi connectivity index (χ1n) is 9.77. The second-order valence-corrected chi connectivity index (χ2v) is 7.63. The summed E-state index contributed by atoms with van der Waals surface area (Å²) in [6, 6.07) is 6.06. The number of hydrogen-bond donors (Lipinski definition) is 2. The van der Waals surface area contributed by atoms with Gasteiger partial charge >= 0.3 is 0 Å². The SMILES string of the molecule is Cn1ncc2cc(C(=O)Nc3ccc4c(c3)CN(C3CCC(=O)NC3=O)C4=O)cnc21. The molecule has 3 aromatic rings. The number of aromatic nitrogens is 3. The van der Waals surface area contributed by atoms with E-state index < -0.39 is 11.9 Å². The van der Waals surface area contributed by atoms with Gasteiger partial charge in [0.15, 0.2) is 5.65 Å². The van der Waals surface area contributed by atoms with Crippen LogP contribution in [0.5, 0.6) is 0 Å². The van der Waals surface area contributed by atoms with E-state index in [1.165, 1.54) is 11.1 Å². The van der Waals surface area contributed by atoms with Gasteiger partial charge in [0.1, 0.15) is 6.04 Å². The van der Waals surface area contributed by atoms with Crippen molar-refractivity contribution < 1.29 is 19.2 Å². The number of benzene rings is 1. The van der Waals surface area contributed by atoms with Gasteiger partial charge in [-0.3, -0.25) is 29.2 Å². The summed E-state index contributed by atoms with van der Waals surface area (Å²) < 4.78 is 1.63. The lowest BCUT2D eigenvalue weighted by Gasteiger charge is -2.29. The Bertz CT molecular complexity index is 1280. The van der Waals surface area contributed by atoms with Crippen LogP contribution in [-0.4, -0.2) is 49.3 Å². The van der Waals surface area contributed by atoms with Crippen LogP contribution in [0.2, 0.25) is 0 Å². The van der Waals surface area contributed by atoms with E-state index in [-0.39, 0.29) is 30.7 Å². The maximum atomic E-state index is 12.8. The van der Waals surface area contributed by atoms with E-state index in [4.69, 9.17) is 0 Å². The Morgan fingerprint density at radius 1 is 1.19 bits per heavy atom. The molecule has 5 rings (SSSR count). The fourth-order valence-electron chi connectivity index (χ4n) is 4.02. The fraction of sp³-hybridized carbons (Fsp3) is 0.238. The lowest BCUT2D eigenvalue weighted by atomic mass is 10.0. The van der Waals surface area contributed by atoms with Crippen molar-refractivity contribution in [2.45, 2.75) is 25.4 Å². The van der Waals surface area contributed by atoms with Crippen LogP contribution in [-0.2, 0) is 23.2 Å². The minimum absolute atomic E-state index is 0.202. The van der Waals surface area contributed by atoms with Gasteiger partial charge in [0.2, 0.25) is 11.8 Å². The van der Waals surface area contributed by atoms with E-state index in [0.29, 0.717) is 34.4 Å². The Balaban J connectivity index is 1.34. The van der Waals surface area contributed by atoms with Crippen molar-refractivity contribution in [1.29, 1.82) is 0 Å². The molecule has 1 aromatic carbocycles. The van der Waals surface area contributed by atoms with E-state index in [0.717, 1.165) is 5.39 Å². The summed E-state index contributed by atoms with van der Waals surface area (Å²) in [6.07, 6.45) is 3.63. The zero-order valence-corrected chi connectivity index (χ0v) is 16.6. The topological polar surface area (TPSA) is 126 Å². The molecule has 0 spiro atoms. The van der Waals surface area contributed by atoms with Crippen molar-refractivity contribution in [3.8, 4) is 0 Å². The lowest BCUT2D eigenvalue weighted by molar-refractivity contribution is -0.136. The molecule has 4 heterocycles. The van der Waals surface area contributed by atoms with E-state index >= 15 is 0 Å². The first-order chi connectivity index (χ1) is 14.9. The first kappa shape index (κ1) is 18.9. The third kappa shape index (κ3) is 3.21. The average molecular weight is 418 g/mol. The van der Waals surface area contributed by atoms with Gasteiger partial charge in [-0.05, 0) is 36.2 Å². The van der Waals surface area contributed by atoms with Gasteiger partial charge < -0.3 is 10.2 Å². The number of hydrogen-bond acceptors (Lipinski definition) is 6. The van der Waals surface area contributed by atoms with E-state index in [1.54, 1.807) is 42.2 Å². The minimum atomic E-state index is -0.673. The minimum Gasteiger partial charge on any atom is -0.322 e. The van der Waals surface area contributed by atoms with Crippen LogP contribution in [0.1, 0.15) is 39.1 Å². The summed E-state index contributed by atoms with van der Waals surface area (Å²) in [5.74, 6) is -1.36. The van der Waals surface area contributed by atoms with E-state index in [1.807, 2.05) is 0 Å². The van der Waals surface area contributed by atoms with Crippen LogP contribution in [0.15, 0.2) is 36.7 Å². The molecular formula is C21H18N6O4. The highest BCUT2D eigenvalue weighted by atomic mass is 16.2. The fourth-order valence-corrected chi connectivity index (χ4v) is 4.02. The van der Waals surface area contributed by atoms with Crippen molar-refractivity contribution in [3.05, 3.63) is 53.3 Å². The molecule has 2 aliphatic heterocycles. The predicted octanol–water partition coefficient (Wildman–Crippen LogP) is 0.982. The van der Waals surface area contributed by atoms with Gasteiger partial charge in [-0.25, -0.2) is 4.98 Å². The molecule has 1 saturated heterocycles. The first-order valence-corrected chi connectivity index (χ1v) is 9.77. The number of pyridine rings is 1. The number of piperidine rings is 1. The molecule has 2 aliphatic rings. The molecule has 10 nitrogen and oxygen atoms in total. The number of fused-ring (bicyclic) bond motifs is 2. The summed E-state index contributed by atoms with van der Waals surface area (Å²) in [6.45, 7) is 0.243. The standard InChI is InChI=1S/C21H18N6O4/c1-26-18-11(9-23-26)6-12(8-22-18)19(29)24-14-2-3-15-13(7-14)10-27(21(15)31)16-4-5-17(28)25-20(16)30/h2-3,6-9,16H,4-5,10H2,1H3,(H,24,29)(H,25,28,30). The number of carbonyl (C=O) groups is 4. The summed E-state index contributed by atoms with van der Waals surface area (Å²) >= 11 is 0. The molecule has 1 unspecified atom stereocenters. The lowest BCUT2D eigenvalue weighted by Crippen LogP contribution is -2.52. The third-order valence-electron chi connectivity index (χ3n) is 5.62. The van der Waals surface area contributed by atoms with Gasteiger partial charge in [0, 0.05) is 42.8 Å². The van der Waals surface area contributed by atoms with Crippen molar-refractivity contribution >= 4 is 40.3 Å². The number of anilines is 1. The number of aryl methyl sites for hydroxylation is 1. The van der Waals surface area contributed by atoms with E-state index in [2.05, 4.69) is 20.7 Å². The maximum absolute atomic E-state index is 12.8. The highest BCUT2D eigenvalue weighted by molar-refractivity contribution is 6.07. The molecule has 2 N–H and O–H groups in total. The van der Waals surface area contributed by atoms with Crippen LogP contribution in [0, 0.1) is 0 Å². The molecule has 0 aliphatic carbocycles. The Hall–Kier alpha value is -4.08. The molecular weight excluding hydrogens is 400 g/mol. The molecule has 10 heteroatoms. The number of nitrogens with zero attached hydrogens (tertiary/aromatic N) is 4. The Labute approximate surface area is 176 Å². The van der Waals surface area contributed by atoms with Crippen LogP contribution in [0.3, 0.4) is 0 Å². The number of imide groups is 1. The van der Waals surface area contributed by atoms with Crippen LogP contribution in [0.25, 0.3) is 11.0 Å². The Morgan fingerprint density at radius 2 is 2.03 bits per heavy atom. The summed E-state index contributed by atoms with van der Waals surface area (Å²) in [5, 5.41) is 9.99. The Morgan fingerprint density at radius 3 is 2.84 bits per heavy atom. The number of nitrogens with one attached hydrogen (secondary N) is 2. The van der Waals surface area contributed by atoms with Gasteiger partial charge in [-0.2, -0.15) is 5.10 Å². The highest BCUT2D eigenvalue weighted by Crippen LogP contribution is 2.29. The zero-order chi connectivity index (χ0) is 21.7. The summed E-state index contributed by atoms with van der Waals surface area (Å²) in [7, 11) is 1.78. The molecule has 156 valence electrons. The van der Waals surface area contributed by atoms with Crippen molar-refractivity contribution in [2.24, 2.45) is 7.05 Å². The molecule has 1 fully saturated rings. The smallest absolute Gasteiger partial charge is 0.257 e. The molecule has 0 saturated carbocycles. The van der Waals surface area contributed by atoms with Gasteiger partial charge in [-0.15, -0.1) is 0 Å². The molecule has 0 bridgehead atoms. The molecule has 4 amide bonds. The van der Waals surface area contributed by atoms with Gasteiger partial charge in [0.25, 0.3) is 11.8 Å². The average Bonchev–Trinajstić information content (AvgIpc) is 3.27. The van der Waals surface area contributed by atoms with Crippen molar-refractivity contribution in [3.63, 3.8) is 0 Å².